The Morgan fingerprint density at radius 1 is 1.32 bits per heavy atom. The number of hydrogen-bond donors (Lipinski definition) is 2. The van der Waals surface area contributed by atoms with Gasteiger partial charge in [-0.15, -0.1) is 0 Å². The third-order valence-electron chi connectivity index (χ3n) is 3.69. The largest absolute Gasteiger partial charge is 0.465 e. The maximum atomic E-state index is 12.0. The van der Waals surface area contributed by atoms with Crippen molar-refractivity contribution in [2.45, 2.75) is 6.54 Å². The molecule has 1 aromatic carbocycles. The molecule has 8 heteroatoms. The van der Waals surface area contributed by atoms with E-state index in [0.29, 0.717) is 25.5 Å². The Bertz CT molecular complexity index is 748. The first-order valence-corrected chi connectivity index (χ1v) is 6.79. The van der Waals surface area contributed by atoms with E-state index in [1.165, 1.54) is 6.33 Å². The molecule has 0 aliphatic carbocycles. The zero-order valence-electron chi connectivity index (χ0n) is 11.8. The number of rotatable bonds is 2. The number of nitrogens with two attached hydrogens (primary N) is 1. The van der Waals surface area contributed by atoms with Crippen molar-refractivity contribution in [2.75, 3.05) is 25.4 Å². The zero-order chi connectivity index (χ0) is 15.7. The number of carbonyl (C=O) groups is 2. The van der Waals surface area contributed by atoms with Gasteiger partial charge in [0.1, 0.15) is 18.7 Å². The Morgan fingerprint density at radius 2 is 2.14 bits per heavy atom. The molecule has 22 heavy (non-hydrogen) atoms. The Hall–Kier alpha value is -2.90. The van der Waals surface area contributed by atoms with Gasteiger partial charge in [-0.25, -0.2) is 14.8 Å². The van der Waals surface area contributed by atoms with Crippen LogP contribution in [-0.2, 0) is 11.3 Å². The number of piperazine rings is 1. The highest BCUT2D eigenvalue weighted by Gasteiger charge is 2.26. The number of carbonyl (C=O) groups excluding carboxylic acids is 1. The van der Waals surface area contributed by atoms with Gasteiger partial charge in [0.2, 0.25) is 5.91 Å². The normalized spacial score (nSPS) is 15.4. The first kappa shape index (κ1) is 14.1. The molecule has 1 saturated heterocycles. The molecule has 2 heterocycles. The van der Waals surface area contributed by atoms with Gasteiger partial charge in [-0.3, -0.25) is 9.69 Å². The first-order chi connectivity index (χ1) is 10.5. The SMILES string of the molecule is Nc1ncnc2cc(CN3CCN(C(=O)O)CC3=O)ccc12. The highest BCUT2D eigenvalue weighted by molar-refractivity contribution is 5.88. The van der Waals surface area contributed by atoms with Crippen LogP contribution in [0.4, 0.5) is 10.6 Å². The van der Waals surface area contributed by atoms with E-state index >= 15 is 0 Å². The van der Waals surface area contributed by atoms with Gasteiger partial charge in [0, 0.05) is 25.0 Å². The number of hydrogen-bond acceptors (Lipinski definition) is 5. The van der Waals surface area contributed by atoms with Crippen molar-refractivity contribution in [3.8, 4) is 0 Å². The summed E-state index contributed by atoms with van der Waals surface area (Å²) in [4.78, 5) is 33.7. The molecular formula is C14H15N5O3. The van der Waals surface area contributed by atoms with Crippen molar-refractivity contribution in [3.63, 3.8) is 0 Å². The van der Waals surface area contributed by atoms with Crippen LogP contribution < -0.4 is 5.73 Å². The summed E-state index contributed by atoms with van der Waals surface area (Å²) in [6.07, 6.45) is 0.337. The minimum Gasteiger partial charge on any atom is -0.465 e. The number of aromatic nitrogens is 2. The van der Waals surface area contributed by atoms with E-state index in [-0.39, 0.29) is 12.5 Å². The summed E-state index contributed by atoms with van der Waals surface area (Å²) in [5, 5.41) is 9.68. The smallest absolute Gasteiger partial charge is 0.407 e. The molecule has 114 valence electrons. The molecule has 1 aliphatic heterocycles. The number of amides is 2. The molecule has 3 rings (SSSR count). The van der Waals surface area contributed by atoms with Crippen LogP contribution in [0.2, 0.25) is 0 Å². The number of carboxylic acid groups (broad SMARTS) is 1. The molecule has 2 aromatic rings. The highest BCUT2D eigenvalue weighted by atomic mass is 16.4. The van der Waals surface area contributed by atoms with E-state index in [4.69, 9.17) is 10.8 Å². The van der Waals surface area contributed by atoms with E-state index in [9.17, 15) is 9.59 Å². The number of nitrogens with zero attached hydrogens (tertiary/aromatic N) is 4. The summed E-state index contributed by atoms with van der Waals surface area (Å²) in [6, 6.07) is 5.57. The molecule has 8 nitrogen and oxygen atoms in total. The molecule has 0 saturated carbocycles. The molecule has 0 unspecified atom stereocenters. The van der Waals surface area contributed by atoms with Crippen molar-refractivity contribution in [3.05, 3.63) is 30.1 Å². The van der Waals surface area contributed by atoms with Crippen molar-refractivity contribution in [1.29, 1.82) is 0 Å². The lowest BCUT2D eigenvalue weighted by Gasteiger charge is -2.32. The topological polar surface area (TPSA) is 113 Å². The Labute approximate surface area is 126 Å². The van der Waals surface area contributed by atoms with Crippen LogP contribution in [0, 0.1) is 0 Å². The fourth-order valence-electron chi connectivity index (χ4n) is 2.48. The van der Waals surface area contributed by atoms with Crippen molar-refractivity contribution in [2.24, 2.45) is 0 Å². The summed E-state index contributed by atoms with van der Waals surface area (Å²) in [5.41, 5.74) is 7.42. The fourth-order valence-corrected chi connectivity index (χ4v) is 2.48. The number of fused-ring (bicyclic) bond motifs is 1. The van der Waals surface area contributed by atoms with Gasteiger partial charge in [0.05, 0.1) is 5.52 Å². The molecule has 1 aromatic heterocycles. The molecule has 0 radical (unpaired) electrons. The van der Waals surface area contributed by atoms with Crippen LogP contribution in [0.5, 0.6) is 0 Å². The van der Waals surface area contributed by atoms with E-state index in [1.807, 2.05) is 18.2 Å². The van der Waals surface area contributed by atoms with E-state index in [0.717, 1.165) is 21.4 Å². The minimum atomic E-state index is -1.06. The predicted octanol–water partition coefficient (Wildman–Crippen LogP) is 0.534. The van der Waals surface area contributed by atoms with Crippen LogP contribution in [0.3, 0.4) is 0 Å². The van der Waals surface area contributed by atoms with Gasteiger partial charge in [-0.05, 0) is 17.7 Å². The number of nitrogen functional groups attached to an aromatic ring is 1. The van der Waals surface area contributed by atoms with Gasteiger partial charge >= 0.3 is 6.09 Å². The second kappa shape index (κ2) is 5.47. The van der Waals surface area contributed by atoms with Crippen molar-refractivity contribution in [1.82, 2.24) is 19.8 Å². The third kappa shape index (κ3) is 2.62. The molecule has 1 aliphatic rings. The minimum absolute atomic E-state index is 0.0992. The average Bonchev–Trinajstić information content (AvgIpc) is 2.49. The third-order valence-corrected chi connectivity index (χ3v) is 3.69. The van der Waals surface area contributed by atoms with Gasteiger partial charge in [0.25, 0.3) is 0 Å². The predicted molar refractivity (Wildman–Crippen MR) is 79.0 cm³/mol. The molecule has 2 amide bonds. The molecule has 1 fully saturated rings. The summed E-state index contributed by atoms with van der Waals surface area (Å²) >= 11 is 0. The van der Waals surface area contributed by atoms with Crippen LogP contribution >= 0.6 is 0 Å². The van der Waals surface area contributed by atoms with Crippen LogP contribution in [0.1, 0.15) is 5.56 Å². The van der Waals surface area contributed by atoms with Gasteiger partial charge in [0.15, 0.2) is 0 Å². The van der Waals surface area contributed by atoms with E-state index in [2.05, 4.69) is 9.97 Å². The summed E-state index contributed by atoms with van der Waals surface area (Å²) in [7, 11) is 0. The van der Waals surface area contributed by atoms with Crippen molar-refractivity contribution < 1.29 is 14.7 Å². The lowest BCUT2D eigenvalue weighted by atomic mass is 10.1. The maximum absolute atomic E-state index is 12.0. The molecule has 3 N–H and O–H groups in total. The van der Waals surface area contributed by atoms with Crippen LogP contribution in [-0.4, -0.2) is 56.5 Å². The lowest BCUT2D eigenvalue weighted by molar-refractivity contribution is -0.135. The second-order valence-corrected chi connectivity index (χ2v) is 5.13. The number of anilines is 1. The van der Waals surface area contributed by atoms with Crippen LogP contribution in [0.15, 0.2) is 24.5 Å². The lowest BCUT2D eigenvalue weighted by Crippen LogP contribution is -2.51. The highest BCUT2D eigenvalue weighted by Crippen LogP contribution is 2.19. The first-order valence-electron chi connectivity index (χ1n) is 6.79. The average molecular weight is 301 g/mol. The van der Waals surface area contributed by atoms with Crippen LogP contribution in [0.25, 0.3) is 10.9 Å². The van der Waals surface area contributed by atoms with E-state index < -0.39 is 6.09 Å². The Morgan fingerprint density at radius 3 is 2.86 bits per heavy atom. The number of benzene rings is 1. The fraction of sp³-hybridized carbons (Fsp3) is 0.286. The Balaban J connectivity index is 1.76. The summed E-state index contributed by atoms with van der Waals surface area (Å²) in [5.74, 6) is 0.221. The maximum Gasteiger partial charge on any atom is 0.407 e. The standard InChI is InChI=1S/C14H15N5O3/c15-13-10-2-1-9(5-11(10)16-8-17-13)6-18-3-4-19(14(21)22)7-12(18)20/h1-2,5,8H,3-4,6-7H2,(H,21,22)(H2,15,16,17). The van der Waals surface area contributed by atoms with Gasteiger partial charge < -0.3 is 15.7 Å². The monoisotopic (exact) mass is 301 g/mol. The zero-order valence-corrected chi connectivity index (χ0v) is 11.8. The molecule has 0 atom stereocenters. The molecule has 0 bridgehead atoms. The molecule has 0 spiro atoms. The van der Waals surface area contributed by atoms with Gasteiger partial charge in [-0.1, -0.05) is 6.07 Å². The summed E-state index contributed by atoms with van der Waals surface area (Å²) < 4.78 is 0. The van der Waals surface area contributed by atoms with E-state index in [1.54, 1.807) is 4.90 Å². The Kier molecular flexibility index (Phi) is 3.50. The van der Waals surface area contributed by atoms with Gasteiger partial charge in [-0.2, -0.15) is 0 Å². The van der Waals surface area contributed by atoms with Crippen molar-refractivity contribution >= 4 is 28.7 Å². The molecular weight excluding hydrogens is 286 g/mol. The quantitative estimate of drug-likeness (QED) is 0.837. The summed E-state index contributed by atoms with van der Waals surface area (Å²) in [6.45, 7) is 1.03. The second-order valence-electron chi connectivity index (χ2n) is 5.13.